The van der Waals surface area contributed by atoms with Crippen molar-refractivity contribution < 1.29 is 30.0 Å². The van der Waals surface area contributed by atoms with Crippen LogP contribution in [0.5, 0.6) is 0 Å². The number of thioether (sulfide) groups is 1. The van der Waals surface area contributed by atoms with E-state index in [1.165, 1.54) is 0 Å². The molecule has 0 spiro atoms. The van der Waals surface area contributed by atoms with Crippen molar-refractivity contribution in [1.82, 2.24) is 0 Å². The van der Waals surface area contributed by atoms with E-state index in [0.29, 0.717) is 0 Å². The maximum Gasteiger partial charge on any atom is 0.304 e. The lowest BCUT2D eigenvalue weighted by Gasteiger charge is -2.40. The minimum absolute atomic E-state index is 0.0420. The first-order chi connectivity index (χ1) is 7.97. The van der Waals surface area contributed by atoms with Gasteiger partial charge in [-0.05, 0) is 0 Å². The third kappa shape index (κ3) is 3.80. The Morgan fingerprint density at radius 1 is 1.35 bits per heavy atom. The second-order valence-electron chi connectivity index (χ2n) is 3.80. The summed E-state index contributed by atoms with van der Waals surface area (Å²) >= 11 is 1.15. The van der Waals surface area contributed by atoms with Crippen molar-refractivity contribution >= 4 is 17.7 Å². The van der Waals surface area contributed by atoms with Crippen LogP contribution in [0.2, 0.25) is 0 Å². The van der Waals surface area contributed by atoms with Gasteiger partial charge in [0.25, 0.3) is 0 Å². The number of carbonyl (C=O) groups is 1. The number of nitrogens with two attached hydrogens (primary N) is 1. The summed E-state index contributed by atoms with van der Waals surface area (Å²) in [7, 11) is 0. The molecule has 1 heterocycles. The lowest BCUT2D eigenvalue weighted by atomic mass is 9.99. The van der Waals surface area contributed by atoms with Gasteiger partial charge in [-0.1, -0.05) is 0 Å². The highest BCUT2D eigenvalue weighted by molar-refractivity contribution is 7.99. The number of carboxylic acids is 1. The summed E-state index contributed by atoms with van der Waals surface area (Å²) in [6, 6.07) is -0.813. The van der Waals surface area contributed by atoms with Gasteiger partial charge in [0, 0.05) is 5.75 Å². The molecule has 100 valence electrons. The van der Waals surface area contributed by atoms with Crippen LogP contribution in [-0.4, -0.2) is 68.5 Å². The smallest absolute Gasteiger partial charge is 0.304 e. The van der Waals surface area contributed by atoms with Crippen LogP contribution in [0.25, 0.3) is 0 Å². The van der Waals surface area contributed by atoms with E-state index in [2.05, 4.69) is 0 Å². The van der Waals surface area contributed by atoms with Crippen LogP contribution >= 0.6 is 11.8 Å². The topological polar surface area (TPSA) is 133 Å². The van der Waals surface area contributed by atoms with Crippen molar-refractivity contribution in [2.75, 3.05) is 12.4 Å². The van der Waals surface area contributed by atoms with Crippen LogP contribution in [-0.2, 0) is 9.53 Å². The average molecular weight is 267 g/mol. The van der Waals surface area contributed by atoms with Gasteiger partial charge in [-0.3, -0.25) is 4.79 Å². The van der Waals surface area contributed by atoms with Crippen molar-refractivity contribution in [1.29, 1.82) is 0 Å². The van der Waals surface area contributed by atoms with Gasteiger partial charge in [0.05, 0.1) is 19.1 Å². The standard InChI is InChI=1S/C9H17NO6S/c10-6-8(15)7(14)4(3-11)16-9(6)17-2-1-5(12)13/h4,6-9,11,14-15H,1-3,10H2,(H,12,13)/t4?,6-,7+,8?,9-/m0/s1. The summed E-state index contributed by atoms with van der Waals surface area (Å²) in [5.74, 6) is -0.643. The Morgan fingerprint density at radius 2 is 2.00 bits per heavy atom. The molecular weight excluding hydrogens is 250 g/mol. The highest BCUT2D eigenvalue weighted by Gasteiger charge is 2.42. The second-order valence-corrected chi connectivity index (χ2v) is 5.00. The van der Waals surface area contributed by atoms with Gasteiger partial charge in [0.2, 0.25) is 0 Å². The first-order valence-corrected chi connectivity index (χ1v) is 6.23. The van der Waals surface area contributed by atoms with E-state index >= 15 is 0 Å². The largest absolute Gasteiger partial charge is 0.481 e. The molecule has 0 aliphatic carbocycles. The highest BCUT2D eigenvalue weighted by Crippen LogP contribution is 2.27. The maximum absolute atomic E-state index is 10.3. The molecule has 0 aromatic carbocycles. The number of carboxylic acid groups (broad SMARTS) is 1. The first-order valence-electron chi connectivity index (χ1n) is 5.18. The molecule has 17 heavy (non-hydrogen) atoms. The van der Waals surface area contributed by atoms with Crippen molar-refractivity contribution in [2.45, 2.75) is 36.2 Å². The monoisotopic (exact) mass is 267 g/mol. The van der Waals surface area contributed by atoms with E-state index < -0.39 is 42.4 Å². The van der Waals surface area contributed by atoms with Crippen molar-refractivity contribution in [3.8, 4) is 0 Å². The number of aliphatic hydroxyl groups excluding tert-OH is 3. The van der Waals surface area contributed by atoms with Gasteiger partial charge < -0.3 is 30.9 Å². The molecule has 0 amide bonds. The van der Waals surface area contributed by atoms with Gasteiger partial charge in [-0.2, -0.15) is 0 Å². The quantitative estimate of drug-likeness (QED) is 0.385. The molecule has 1 saturated heterocycles. The molecular formula is C9H17NO6S. The molecule has 7 nitrogen and oxygen atoms in total. The van der Waals surface area contributed by atoms with Crippen LogP contribution in [0.15, 0.2) is 0 Å². The molecule has 0 aromatic rings. The normalized spacial score (nSPS) is 38.0. The molecule has 2 unspecified atom stereocenters. The third-order valence-corrected chi connectivity index (χ3v) is 3.72. The summed E-state index contributed by atoms with van der Waals surface area (Å²) < 4.78 is 5.30. The Labute approximate surface area is 103 Å². The van der Waals surface area contributed by atoms with E-state index in [1.54, 1.807) is 0 Å². The molecule has 8 heteroatoms. The van der Waals surface area contributed by atoms with Gasteiger partial charge in [-0.25, -0.2) is 0 Å². The fraction of sp³-hybridized carbons (Fsp3) is 0.889. The Kier molecular flexibility index (Phi) is 5.63. The van der Waals surface area contributed by atoms with Gasteiger partial charge in [0.1, 0.15) is 23.7 Å². The zero-order valence-corrected chi connectivity index (χ0v) is 9.92. The van der Waals surface area contributed by atoms with Gasteiger partial charge in [-0.15, -0.1) is 11.8 Å². The predicted octanol–water partition coefficient (Wildman–Crippen LogP) is -2.04. The average Bonchev–Trinajstić information content (AvgIpc) is 2.29. The highest BCUT2D eigenvalue weighted by atomic mass is 32.2. The fourth-order valence-corrected chi connectivity index (χ4v) is 2.65. The van der Waals surface area contributed by atoms with E-state index in [0.717, 1.165) is 11.8 Å². The SMILES string of the molecule is N[C@H]1C(O)[C@H](O)C(CO)O[C@H]1SCCC(=O)O. The van der Waals surface area contributed by atoms with Crippen LogP contribution < -0.4 is 5.73 Å². The van der Waals surface area contributed by atoms with Crippen LogP contribution in [0.4, 0.5) is 0 Å². The van der Waals surface area contributed by atoms with E-state index in [1.807, 2.05) is 0 Å². The summed E-state index contributed by atoms with van der Waals surface area (Å²) in [6.07, 6.45) is -3.36. The molecule has 1 fully saturated rings. The van der Waals surface area contributed by atoms with Gasteiger partial charge >= 0.3 is 5.97 Å². The minimum atomic E-state index is -1.23. The zero-order valence-electron chi connectivity index (χ0n) is 9.10. The number of hydrogen-bond acceptors (Lipinski definition) is 7. The number of ether oxygens (including phenoxy) is 1. The number of rotatable bonds is 5. The van der Waals surface area contributed by atoms with Crippen molar-refractivity contribution in [3.63, 3.8) is 0 Å². The summed E-state index contributed by atoms with van der Waals surface area (Å²) in [6.45, 7) is -0.430. The molecule has 1 aliphatic heterocycles. The Balaban J connectivity index is 2.50. The van der Waals surface area contributed by atoms with E-state index in [-0.39, 0.29) is 12.2 Å². The summed E-state index contributed by atoms with van der Waals surface area (Å²) in [4.78, 5) is 10.3. The molecule has 6 N–H and O–H groups in total. The van der Waals surface area contributed by atoms with Crippen LogP contribution in [0.3, 0.4) is 0 Å². The number of aliphatic hydroxyl groups is 3. The third-order valence-electron chi connectivity index (χ3n) is 2.53. The van der Waals surface area contributed by atoms with Crippen molar-refractivity contribution in [3.05, 3.63) is 0 Å². The van der Waals surface area contributed by atoms with Crippen molar-refractivity contribution in [2.24, 2.45) is 5.73 Å². The summed E-state index contributed by atoms with van der Waals surface area (Å²) in [5.41, 5.74) is 5.03. The van der Waals surface area contributed by atoms with E-state index in [4.69, 9.17) is 20.7 Å². The molecule has 0 radical (unpaired) electrons. The first kappa shape index (κ1) is 14.7. The molecule has 0 saturated carbocycles. The van der Waals surface area contributed by atoms with Gasteiger partial charge in [0.15, 0.2) is 0 Å². The number of hydrogen-bond donors (Lipinski definition) is 5. The maximum atomic E-state index is 10.3. The molecule has 1 aliphatic rings. The zero-order chi connectivity index (χ0) is 13.0. The van der Waals surface area contributed by atoms with E-state index in [9.17, 15) is 15.0 Å². The molecule has 1 rings (SSSR count). The molecule has 0 aromatic heterocycles. The van der Waals surface area contributed by atoms with Crippen LogP contribution in [0.1, 0.15) is 6.42 Å². The Hall–Kier alpha value is -0.380. The Morgan fingerprint density at radius 3 is 2.53 bits per heavy atom. The van der Waals surface area contributed by atoms with Crippen LogP contribution in [0, 0.1) is 0 Å². The lowest BCUT2D eigenvalue weighted by molar-refractivity contribution is -0.165. The predicted molar refractivity (Wildman–Crippen MR) is 60.4 cm³/mol. The molecule has 0 bridgehead atoms. The summed E-state index contributed by atoms with van der Waals surface area (Å²) in [5, 5.41) is 36.6. The molecule has 5 atom stereocenters. The second kappa shape index (κ2) is 6.53. The Bertz CT molecular complexity index is 264. The number of aliphatic carboxylic acids is 1. The lowest BCUT2D eigenvalue weighted by Crippen LogP contribution is -2.60. The minimum Gasteiger partial charge on any atom is -0.481 e. The fourth-order valence-electron chi connectivity index (χ4n) is 1.52.